The minimum atomic E-state index is -0.713. The molecule has 0 aliphatic carbocycles. The first-order chi connectivity index (χ1) is 10.1. The molecule has 7 heteroatoms. The first kappa shape index (κ1) is 16.0. The standard InChI is InChI=1S/C14H26N4O3/c1-18-8-6-14(7-9-18,13(15)17-20)16-12(19)5-4-11-3-2-10-21-11/h11,20H,2-10H2,1H3,(H2,15,17)(H,16,19). The zero-order chi connectivity index (χ0) is 15.3. The molecule has 0 spiro atoms. The highest BCUT2D eigenvalue weighted by atomic mass is 16.5. The number of oxime groups is 1. The smallest absolute Gasteiger partial charge is 0.220 e. The minimum absolute atomic E-state index is 0.0540. The van der Waals surface area contributed by atoms with Gasteiger partial charge >= 0.3 is 0 Å². The molecule has 1 amide bonds. The van der Waals surface area contributed by atoms with Crippen LogP contribution in [0.15, 0.2) is 5.16 Å². The van der Waals surface area contributed by atoms with Crippen molar-refractivity contribution in [3.8, 4) is 0 Å². The van der Waals surface area contributed by atoms with Crippen LogP contribution in [0.1, 0.15) is 38.5 Å². The minimum Gasteiger partial charge on any atom is -0.409 e. The van der Waals surface area contributed by atoms with E-state index in [-0.39, 0.29) is 17.8 Å². The normalized spacial score (nSPS) is 26.7. The molecule has 2 aliphatic heterocycles. The molecule has 2 saturated heterocycles. The summed E-state index contributed by atoms with van der Waals surface area (Å²) in [6.45, 7) is 2.41. The van der Waals surface area contributed by atoms with Gasteiger partial charge in [-0.3, -0.25) is 4.79 Å². The number of likely N-dealkylation sites (tertiary alicyclic amines) is 1. The number of rotatable bonds is 5. The summed E-state index contributed by atoms with van der Waals surface area (Å²) in [4.78, 5) is 14.4. The quantitative estimate of drug-likeness (QED) is 0.293. The van der Waals surface area contributed by atoms with Gasteiger partial charge in [0.2, 0.25) is 5.91 Å². The molecule has 2 aliphatic rings. The summed E-state index contributed by atoms with van der Waals surface area (Å²) >= 11 is 0. The lowest BCUT2D eigenvalue weighted by molar-refractivity contribution is -0.123. The van der Waals surface area contributed by atoms with Gasteiger partial charge in [-0.1, -0.05) is 5.16 Å². The van der Waals surface area contributed by atoms with Crippen LogP contribution in [0, 0.1) is 0 Å². The Morgan fingerprint density at radius 1 is 1.52 bits per heavy atom. The van der Waals surface area contributed by atoms with E-state index < -0.39 is 5.54 Å². The number of piperidine rings is 1. The van der Waals surface area contributed by atoms with Crippen molar-refractivity contribution in [2.75, 3.05) is 26.7 Å². The van der Waals surface area contributed by atoms with E-state index in [2.05, 4.69) is 15.4 Å². The predicted molar refractivity (Wildman–Crippen MR) is 79.2 cm³/mol. The van der Waals surface area contributed by atoms with E-state index >= 15 is 0 Å². The third-order valence-electron chi connectivity index (χ3n) is 4.53. The Balaban J connectivity index is 1.90. The number of carbonyl (C=O) groups excluding carboxylic acids is 1. The van der Waals surface area contributed by atoms with E-state index in [0.29, 0.717) is 19.3 Å². The summed E-state index contributed by atoms with van der Waals surface area (Å²) in [6, 6.07) is 0. The van der Waals surface area contributed by atoms with Gasteiger partial charge < -0.3 is 25.9 Å². The van der Waals surface area contributed by atoms with Crippen molar-refractivity contribution in [2.45, 2.75) is 50.2 Å². The highest BCUT2D eigenvalue weighted by Crippen LogP contribution is 2.23. The number of ether oxygens (including phenoxy) is 1. The van der Waals surface area contributed by atoms with Crippen LogP contribution in [0.5, 0.6) is 0 Å². The van der Waals surface area contributed by atoms with E-state index in [1.165, 1.54) is 0 Å². The summed E-state index contributed by atoms with van der Waals surface area (Å²) in [5.74, 6) is 0.0442. The third kappa shape index (κ3) is 4.07. The Kier molecular flexibility index (Phi) is 5.41. The van der Waals surface area contributed by atoms with Gasteiger partial charge in [0.05, 0.1) is 6.10 Å². The zero-order valence-corrected chi connectivity index (χ0v) is 12.7. The van der Waals surface area contributed by atoms with Gasteiger partial charge in [-0.15, -0.1) is 0 Å². The monoisotopic (exact) mass is 298 g/mol. The van der Waals surface area contributed by atoms with E-state index in [4.69, 9.17) is 15.7 Å². The Morgan fingerprint density at radius 3 is 2.81 bits per heavy atom. The van der Waals surface area contributed by atoms with E-state index in [1.54, 1.807) is 0 Å². The fraction of sp³-hybridized carbons (Fsp3) is 0.857. The van der Waals surface area contributed by atoms with Crippen LogP contribution in [-0.2, 0) is 9.53 Å². The Morgan fingerprint density at radius 2 is 2.24 bits per heavy atom. The highest BCUT2D eigenvalue weighted by Gasteiger charge is 2.39. The van der Waals surface area contributed by atoms with Crippen LogP contribution >= 0.6 is 0 Å². The second-order valence-corrected chi connectivity index (χ2v) is 6.09. The predicted octanol–water partition coefficient (Wildman–Crippen LogP) is 0.273. The van der Waals surface area contributed by atoms with Gasteiger partial charge in [-0.2, -0.15) is 0 Å². The molecule has 0 aromatic heterocycles. The average molecular weight is 298 g/mol. The molecule has 2 fully saturated rings. The molecule has 21 heavy (non-hydrogen) atoms. The number of carbonyl (C=O) groups is 1. The lowest BCUT2D eigenvalue weighted by Crippen LogP contribution is -2.62. The van der Waals surface area contributed by atoms with Crippen LogP contribution in [-0.4, -0.2) is 60.2 Å². The maximum atomic E-state index is 12.2. The Hall–Kier alpha value is -1.34. The van der Waals surface area contributed by atoms with Crippen LogP contribution < -0.4 is 11.1 Å². The lowest BCUT2D eigenvalue weighted by atomic mass is 9.86. The zero-order valence-electron chi connectivity index (χ0n) is 12.7. The average Bonchev–Trinajstić information content (AvgIpc) is 3.00. The maximum Gasteiger partial charge on any atom is 0.220 e. The molecule has 0 bridgehead atoms. The number of nitrogens with two attached hydrogens (primary N) is 1. The van der Waals surface area contributed by atoms with Gasteiger partial charge in [0.1, 0.15) is 5.54 Å². The molecule has 2 heterocycles. The second-order valence-electron chi connectivity index (χ2n) is 6.09. The summed E-state index contributed by atoms with van der Waals surface area (Å²) in [5, 5.41) is 15.1. The van der Waals surface area contributed by atoms with Gasteiger partial charge in [0.15, 0.2) is 5.84 Å². The van der Waals surface area contributed by atoms with Crippen LogP contribution in [0.25, 0.3) is 0 Å². The molecule has 120 valence electrons. The summed E-state index contributed by atoms with van der Waals surface area (Å²) in [5.41, 5.74) is 5.12. The van der Waals surface area contributed by atoms with Crippen LogP contribution in [0.2, 0.25) is 0 Å². The fourth-order valence-electron chi connectivity index (χ4n) is 3.03. The maximum absolute atomic E-state index is 12.2. The van der Waals surface area contributed by atoms with Gasteiger partial charge in [-0.25, -0.2) is 0 Å². The van der Waals surface area contributed by atoms with Gasteiger partial charge in [0.25, 0.3) is 0 Å². The van der Waals surface area contributed by atoms with Crippen molar-refractivity contribution in [1.29, 1.82) is 0 Å². The Bertz CT molecular complexity index is 386. The van der Waals surface area contributed by atoms with Crippen molar-refractivity contribution in [3.63, 3.8) is 0 Å². The highest BCUT2D eigenvalue weighted by molar-refractivity contribution is 5.94. The number of nitrogens with zero attached hydrogens (tertiary/aromatic N) is 2. The molecule has 2 rings (SSSR count). The molecule has 1 atom stereocenters. The van der Waals surface area contributed by atoms with E-state index in [9.17, 15) is 4.79 Å². The van der Waals surface area contributed by atoms with Crippen molar-refractivity contribution >= 4 is 11.7 Å². The third-order valence-corrected chi connectivity index (χ3v) is 4.53. The first-order valence-electron chi connectivity index (χ1n) is 7.65. The SMILES string of the molecule is CN1CCC(NC(=O)CCC2CCCO2)(C(N)=NO)CC1. The molecule has 0 saturated carbocycles. The van der Waals surface area contributed by atoms with Crippen molar-refractivity contribution in [1.82, 2.24) is 10.2 Å². The molecular weight excluding hydrogens is 272 g/mol. The molecule has 7 nitrogen and oxygen atoms in total. The molecule has 4 N–H and O–H groups in total. The largest absolute Gasteiger partial charge is 0.409 e. The number of nitrogens with one attached hydrogen (secondary N) is 1. The summed E-state index contributed by atoms with van der Waals surface area (Å²) in [7, 11) is 2.02. The summed E-state index contributed by atoms with van der Waals surface area (Å²) < 4.78 is 5.53. The van der Waals surface area contributed by atoms with E-state index in [0.717, 1.165) is 39.0 Å². The Labute approximate surface area is 125 Å². The van der Waals surface area contributed by atoms with Crippen molar-refractivity contribution in [2.24, 2.45) is 10.9 Å². The topological polar surface area (TPSA) is 100 Å². The number of amides is 1. The summed E-state index contributed by atoms with van der Waals surface area (Å²) in [6.07, 6.45) is 4.78. The molecular formula is C14H26N4O3. The van der Waals surface area contributed by atoms with Gasteiger partial charge in [-0.05, 0) is 39.2 Å². The second kappa shape index (κ2) is 7.09. The van der Waals surface area contributed by atoms with Crippen molar-refractivity contribution in [3.05, 3.63) is 0 Å². The molecule has 0 aromatic carbocycles. The number of hydrogen-bond donors (Lipinski definition) is 3. The van der Waals surface area contributed by atoms with Gasteiger partial charge in [0, 0.05) is 26.1 Å². The first-order valence-corrected chi connectivity index (χ1v) is 7.65. The number of amidine groups is 1. The molecule has 1 unspecified atom stereocenters. The molecule has 0 radical (unpaired) electrons. The lowest BCUT2D eigenvalue weighted by Gasteiger charge is -2.40. The fourth-order valence-corrected chi connectivity index (χ4v) is 3.03. The van der Waals surface area contributed by atoms with Crippen LogP contribution in [0.3, 0.4) is 0 Å². The van der Waals surface area contributed by atoms with Crippen LogP contribution in [0.4, 0.5) is 0 Å². The van der Waals surface area contributed by atoms with Crippen molar-refractivity contribution < 1.29 is 14.7 Å². The molecule has 0 aromatic rings. The van der Waals surface area contributed by atoms with E-state index in [1.807, 2.05) is 7.05 Å². The number of hydrogen-bond acceptors (Lipinski definition) is 5.